The monoisotopic (exact) mass is 446 g/mol. The zero-order valence-electron chi connectivity index (χ0n) is 16.4. The molecule has 0 atom stereocenters. The van der Waals surface area contributed by atoms with Gasteiger partial charge >= 0.3 is 0 Å². The number of benzene rings is 2. The lowest BCUT2D eigenvalue weighted by Gasteiger charge is -2.20. The Bertz CT molecular complexity index is 1150. The van der Waals surface area contributed by atoms with E-state index in [1.165, 1.54) is 23.5 Å². The van der Waals surface area contributed by atoms with E-state index in [0.29, 0.717) is 34.2 Å². The number of thiazole rings is 1. The van der Waals surface area contributed by atoms with Crippen molar-refractivity contribution in [3.8, 4) is 11.3 Å². The second-order valence-corrected chi connectivity index (χ2v) is 7.82. The van der Waals surface area contributed by atoms with Crippen LogP contribution in [0, 0.1) is 5.82 Å². The third-order valence-electron chi connectivity index (χ3n) is 4.37. The standard InChI is InChI=1S/C21H19FN4O2S.ClH/c1-25(2)10-11-26(21-23-16-9-8-15(22)12-19(16)29-21)20(27)17-13-18(28-24-17)14-6-4-3-5-7-14;/h3-9,12-13H,10-11H2,1-2H3;1H. The highest BCUT2D eigenvalue weighted by atomic mass is 35.5. The number of carbonyl (C=O) groups is 1. The van der Waals surface area contributed by atoms with Crippen LogP contribution in [-0.2, 0) is 0 Å². The van der Waals surface area contributed by atoms with Gasteiger partial charge in [0.2, 0.25) is 0 Å². The predicted molar refractivity (Wildman–Crippen MR) is 119 cm³/mol. The molecule has 0 radical (unpaired) electrons. The predicted octanol–water partition coefficient (Wildman–Crippen LogP) is 4.72. The molecule has 0 saturated carbocycles. The highest BCUT2D eigenvalue weighted by Crippen LogP contribution is 2.30. The summed E-state index contributed by atoms with van der Waals surface area (Å²) in [6.07, 6.45) is 0. The maximum absolute atomic E-state index is 13.6. The SMILES string of the molecule is CN(C)CCN(C(=O)c1cc(-c2ccccc2)on1)c1nc2ccc(F)cc2s1.Cl. The lowest BCUT2D eigenvalue weighted by atomic mass is 10.1. The zero-order chi connectivity index (χ0) is 20.4. The van der Waals surface area contributed by atoms with Crippen LogP contribution in [0.2, 0.25) is 0 Å². The first kappa shape index (κ1) is 21.9. The third kappa shape index (κ3) is 4.67. The van der Waals surface area contributed by atoms with Gasteiger partial charge in [-0.25, -0.2) is 9.37 Å². The molecule has 4 rings (SSSR count). The summed E-state index contributed by atoms with van der Waals surface area (Å²) in [6, 6.07) is 15.5. The zero-order valence-corrected chi connectivity index (χ0v) is 18.0. The van der Waals surface area contributed by atoms with Gasteiger partial charge in [0.15, 0.2) is 16.6 Å². The van der Waals surface area contributed by atoms with Gasteiger partial charge in [-0.3, -0.25) is 9.69 Å². The molecule has 2 heterocycles. The van der Waals surface area contributed by atoms with Gasteiger partial charge in [-0.15, -0.1) is 12.4 Å². The number of amides is 1. The number of aromatic nitrogens is 2. The first-order valence-electron chi connectivity index (χ1n) is 9.06. The van der Waals surface area contributed by atoms with Crippen LogP contribution in [0.15, 0.2) is 59.1 Å². The van der Waals surface area contributed by atoms with Gasteiger partial charge in [0.25, 0.3) is 5.91 Å². The van der Waals surface area contributed by atoms with Crippen molar-refractivity contribution in [1.29, 1.82) is 0 Å². The van der Waals surface area contributed by atoms with Crippen LogP contribution in [0.1, 0.15) is 10.5 Å². The molecule has 9 heteroatoms. The number of nitrogens with zero attached hydrogens (tertiary/aromatic N) is 4. The molecule has 156 valence electrons. The highest BCUT2D eigenvalue weighted by Gasteiger charge is 2.24. The van der Waals surface area contributed by atoms with Crippen molar-refractivity contribution in [2.75, 3.05) is 32.1 Å². The Labute approximate surface area is 183 Å². The highest BCUT2D eigenvalue weighted by molar-refractivity contribution is 7.22. The summed E-state index contributed by atoms with van der Waals surface area (Å²) < 4.78 is 19.6. The molecule has 1 amide bonds. The van der Waals surface area contributed by atoms with Crippen LogP contribution < -0.4 is 4.90 Å². The van der Waals surface area contributed by atoms with Gasteiger partial charge in [0.05, 0.1) is 10.2 Å². The minimum absolute atomic E-state index is 0. The molecule has 0 aliphatic heterocycles. The molecular weight excluding hydrogens is 427 g/mol. The molecule has 0 aliphatic rings. The average Bonchev–Trinajstić information content (AvgIpc) is 3.35. The normalized spacial score (nSPS) is 10.9. The molecule has 2 aromatic carbocycles. The van der Waals surface area contributed by atoms with E-state index in [-0.39, 0.29) is 29.8 Å². The number of fused-ring (bicyclic) bond motifs is 1. The Morgan fingerprint density at radius 1 is 1.10 bits per heavy atom. The summed E-state index contributed by atoms with van der Waals surface area (Å²) in [5.74, 6) is -0.118. The number of hydrogen-bond donors (Lipinski definition) is 0. The van der Waals surface area contributed by atoms with Crippen molar-refractivity contribution < 1.29 is 13.7 Å². The van der Waals surface area contributed by atoms with E-state index in [0.717, 1.165) is 5.56 Å². The fourth-order valence-electron chi connectivity index (χ4n) is 2.84. The molecule has 0 unspecified atom stereocenters. The van der Waals surface area contributed by atoms with Crippen molar-refractivity contribution in [1.82, 2.24) is 15.0 Å². The Kier molecular flexibility index (Phi) is 6.81. The van der Waals surface area contributed by atoms with E-state index in [4.69, 9.17) is 4.52 Å². The fourth-order valence-corrected chi connectivity index (χ4v) is 3.85. The van der Waals surface area contributed by atoms with Crippen molar-refractivity contribution in [3.63, 3.8) is 0 Å². The number of anilines is 1. The number of carbonyl (C=O) groups excluding carboxylic acids is 1. The number of halogens is 2. The van der Waals surface area contributed by atoms with Crippen LogP contribution in [0.3, 0.4) is 0 Å². The molecular formula is C21H20ClFN4O2S. The van der Waals surface area contributed by atoms with Gasteiger partial charge in [-0.05, 0) is 32.3 Å². The lowest BCUT2D eigenvalue weighted by molar-refractivity contribution is 0.0976. The smallest absolute Gasteiger partial charge is 0.282 e. The van der Waals surface area contributed by atoms with Crippen molar-refractivity contribution in [2.45, 2.75) is 0 Å². The number of hydrogen-bond acceptors (Lipinski definition) is 6. The molecule has 4 aromatic rings. The summed E-state index contributed by atoms with van der Waals surface area (Å²) in [5.41, 5.74) is 1.70. The quantitative estimate of drug-likeness (QED) is 0.429. The molecule has 0 spiro atoms. The number of likely N-dealkylation sites (N-methyl/N-ethyl adjacent to an activating group) is 1. The van der Waals surface area contributed by atoms with E-state index < -0.39 is 0 Å². The maximum atomic E-state index is 13.6. The molecule has 0 aliphatic carbocycles. The molecule has 0 saturated heterocycles. The first-order chi connectivity index (χ1) is 14.0. The fraction of sp³-hybridized carbons (Fsp3) is 0.190. The van der Waals surface area contributed by atoms with E-state index in [1.807, 2.05) is 49.3 Å². The Hall–Kier alpha value is -2.81. The van der Waals surface area contributed by atoms with Crippen molar-refractivity contribution >= 4 is 45.0 Å². The summed E-state index contributed by atoms with van der Waals surface area (Å²) in [4.78, 5) is 21.3. The Morgan fingerprint density at radius 3 is 2.60 bits per heavy atom. The second kappa shape index (κ2) is 9.34. The Balaban J connectivity index is 0.00000256. The Morgan fingerprint density at radius 2 is 1.87 bits per heavy atom. The van der Waals surface area contributed by atoms with Crippen LogP contribution >= 0.6 is 23.7 Å². The topological polar surface area (TPSA) is 62.5 Å². The maximum Gasteiger partial charge on any atom is 0.282 e. The number of rotatable bonds is 6. The van der Waals surface area contributed by atoms with Crippen LogP contribution in [0.25, 0.3) is 21.5 Å². The lowest BCUT2D eigenvalue weighted by Crippen LogP contribution is -2.36. The van der Waals surface area contributed by atoms with E-state index in [2.05, 4.69) is 10.1 Å². The molecule has 0 fully saturated rings. The van der Waals surface area contributed by atoms with Gasteiger partial charge in [-0.1, -0.05) is 46.8 Å². The van der Waals surface area contributed by atoms with E-state index >= 15 is 0 Å². The van der Waals surface area contributed by atoms with Crippen molar-refractivity contribution in [2.24, 2.45) is 0 Å². The molecule has 2 aromatic heterocycles. The summed E-state index contributed by atoms with van der Waals surface area (Å²) in [7, 11) is 3.86. The summed E-state index contributed by atoms with van der Waals surface area (Å²) in [6.45, 7) is 1.06. The van der Waals surface area contributed by atoms with Gasteiger partial charge in [-0.2, -0.15) is 0 Å². The third-order valence-corrected chi connectivity index (χ3v) is 5.41. The van der Waals surface area contributed by atoms with E-state index in [1.54, 1.807) is 17.0 Å². The minimum atomic E-state index is -0.331. The summed E-state index contributed by atoms with van der Waals surface area (Å²) >= 11 is 1.27. The first-order valence-corrected chi connectivity index (χ1v) is 9.88. The molecule has 30 heavy (non-hydrogen) atoms. The molecule has 0 bridgehead atoms. The van der Waals surface area contributed by atoms with Gasteiger partial charge in [0.1, 0.15) is 5.82 Å². The van der Waals surface area contributed by atoms with Crippen molar-refractivity contribution in [3.05, 3.63) is 66.1 Å². The van der Waals surface area contributed by atoms with Crippen LogP contribution in [0.5, 0.6) is 0 Å². The largest absolute Gasteiger partial charge is 0.355 e. The van der Waals surface area contributed by atoms with E-state index in [9.17, 15) is 9.18 Å². The average molecular weight is 447 g/mol. The molecule has 0 N–H and O–H groups in total. The van der Waals surface area contributed by atoms with Crippen LogP contribution in [0.4, 0.5) is 9.52 Å². The summed E-state index contributed by atoms with van der Waals surface area (Å²) in [5, 5.41) is 4.47. The van der Waals surface area contributed by atoms with Gasteiger partial charge in [0, 0.05) is 24.7 Å². The van der Waals surface area contributed by atoms with Gasteiger partial charge < -0.3 is 9.42 Å². The minimum Gasteiger partial charge on any atom is -0.355 e. The second-order valence-electron chi connectivity index (χ2n) is 6.81. The van der Waals surface area contributed by atoms with Crippen LogP contribution in [-0.4, -0.2) is 48.1 Å². The molecule has 6 nitrogen and oxygen atoms in total.